The van der Waals surface area contributed by atoms with Gasteiger partial charge in [-0.2, -0.15) is 0 Å². The SMILES string of the molecule is C[C@@H](CC(N)=O)NCc1ccc(F)c(Oc2ccccc2)c1F. The van der Waals surface area contributed by atoms with E-state index < -0.39 is 23.3 Å². The van der Waals surface area contributed by atoms with Crippen LogP contribution in [-0.4, -0.2) is 11.9 Å². The van der Waals surface area contributed by atoms with Crippen LogP contribution in [0.3, 0.4) is 0 Å². The molecule has 23 heavy (non-hydrogen) atoms. The Labute approximate surface area is 133 Å². The summed E-state index contributed by atoms with van der Waals surface area (Å²) < 4.78 is 33.6. The number of carbonyl (C=O) groups excluding carboxylic acids is 1. The van der Waals surface area contributed by atoms with E-state index in [9.17, 15) is 13.6 Å². The van der Waals surface area contributed by atoms with E-state index in [0.717, 1.165) is 6.07 Å². The Bertz CT molecular complexity index is 678. The highest BCUT2D eigenvalue weighted by atomic mass is 19.1. The van der Waals surface area contributed by atoms with Crippen LogP contribution in [-0.2, 0) is 11.3 Å². The van der Waals surface area contributed by atoms with Crippen LogP contribution in [0.25, 0.3) is 0 Å². The van der Waals surface area contributed by atoms with E-state index >= 15 is 0 Å². The summed E-state index contributed by atoms with van der Waals surface area (Å²) in [7, 11) is 0. The number of hydrogen-bond acceptors (Lipinski definition) is 3. The monoisotopic (exact) mass is 320 g/mol. The number of hydrogen-bond donors (Lipinski definition) is 2. The third kappa shape index (κ3) is 4.75. The summed E-state index contributed by atoms with van der Waals surface area (Å²) >= 11 is 0. The van der Waals surface area contributed by atoms with Gasteiger partial charge >= 0.3 is 0 Å². The number of para-hydroxylation sites is 1. The summed E-state index contributed by atoms with van der Waals surface area (Å²) in [5.41, 5.74) is 5.34. The second kappa shape index (κ2) is 7.69. The first-order valence-corrected chi connectivity index (χ1v) is 7.19. The minimum atomic E-state index is -0.778. The first-order valence-electron chi connectivity index (χ1n) is 7.19. The number of carbonyl (C=O) groups is 1. The molecule has 1 amide bonds. The molecule has 3 N–H and O–H groups in total. The summed E-state index contributed by atoms with van der Waals surface area (Å²) in [5, 5.41) is 2.96. The number of amides is 1. The van der Waals surface area contributed by atoms with Gasteiger partial charge in [0.15, 0.2) is 17.4 Å². The summed E-state index contributed by atoms with van der Waals surface area (Å²) in [5.74, 6) is -2.10. The zero-order chi connectivity index (χ0) is 16.8. The first kappa shape index (κ1) is 16.9. The average molecular weight is 320 g/mol. The molecule has 0 heterocycles. The second-order valence-electron chi connectivity index (χ2n) is 5.22. The molecule has 0 aliphatic rings. The van der Waals surface area contributed by atoms with Crippen molar-refractivity contribution in [3.05, 3.63) is 59.7 Å². The molecule has 2 aromatic rings. The van der Waals surface area contributed by atoms with Crippen molar-refractivity contribution in [3.63, 3.8) is 0 Å². The maximum atomic E-state index is 14.4. The number of nitrogens with one attached hydrogen (secondary N) is 1. The van der Waals surface area contributed by atoms with Gasteiger partial charge in [0.2, 0.25) is 5.91 Å². The van der Waals surface area contributed by atoms with Gasteiger partial charge in [-0.15, -0.1) is 0 Å². The molecule has 0 aliphatic carbocycles. The van der Waals surface area contributed by atoms with Crippen molar-refractivity contribution >= 4 is 5.91 Å². The lowest BCUT2D eigenvalue weighted by Crippen LogP contribution is -2.30. The number of ether oxygens (including phenoxy) is 1. The van der Waals surface area contributed by atoms with Crippen LogP contribution in [0, 0.1) is 11.6 Å². The lowest BCUT2D eigenvalue weighted by atomic mass is 10.1. The van der Waals surface area contributed by atoms with E-state index in [1.807, 2.05) is 0 Å². The number of benzene rings is 2. The average Bonchev–Trinajstić information content (AvgIpc) is 2.51. The van der Waals surface area contributed by atoms with Gasteiger partial charge in [-0.25, -0.2) is 8.78 Å². The van der Waals surface area contributed by atoms with Crippen LogP contribution >= 0.6 is 0 Å². The standard InChI is InChI=1S/C17H18F2N2O2/c1-11(9-15(20)22)21-10-12-7-8-14(18)17(16(12)19)23-13-5-3-2-4-6-13/h2-8,11,21H,9-10H2,1H3,(H2,20,22)/t11-/m0/s1. The van der Waals surface area contributed by atoms with Crippen molar-refractivity contribution < 1.29 is 18.3 Å². The van der Waals surface area contributed by atoms with Gasteiger partial charge in [-0.05, 0) is 25.1 Å². The van der Waals surface area contributed by atoms with Crippen molar-refractivity contribution in [3.8, 4) is 11.5 Å². The number of nitrogens with two attached hydrogens (primary N) is 1. The molecule has 122 valence electrons. The number of primary amides is 1. The van der Waals surface area contributed by atoms with Crippen LogP contribution < -0.4 is 15.8 Å². The van der Waals surface area contributed by atoms with E-state index in [2.05, 4.69) is 5.32 Å². The minimum absolute atomic E-state index is 0.131. The molecular weight excluding hydrogens is 302 g/mol. The van der Waals surface area contributed by atoms with Crippen LogP contribution in [0.1, 0.15) is 18.9 Å². The molecule has 0 saturated heterocycles. The van der Waals surface area contributed by atoms with Crippen LogP contribution in [0.15, 0.2) is 42.5 Å². The van der Waals surface area contributed by atoms with Crippen LogP contribution in [0.2, 0.25) is 0 Å². The molecule has 0 radical (unpaired) electrons. The zero-order valence-corrected chi connectivity index (χ0v) is 12.7. The van der Waals surface area contributed by atoms with Crippen LogP contribution in [0.4, 0.5) is 8.78 Å². The molecule has 0 spiro atoms. The van der Waals surface area contributed by atoms with Crippen molar-refractivity contribution in [1.29, 1.82) is 0 Å². The lowest BCUT2D eigenvalue weighted by molar-refractivity contribution is -0.118. The van der Waals surface area contributed by atoms with Gasteiger partial charge < -0.3 is 15.8 Å². The van der Waals surface area contributed by atoms with Crippen molar-refractivity contribution in [2.45, 2.75) is 25.9 Å². The Morgan fingerprint density at radius 1 is 1.22 bits per heavy atom. The summed E-state index contributed by atoms with van der Waals surface area (Å²) in [6.07, 6.45) is 0.135. The normalized spacial score (nSPS) is 12.0. The third-order valence-electron chi connectivity index (χ3n) is 3.24. The van der Waals surface area contributed by atoms with Gasteiger partial charge in [-0.3, -0.25) is 4.79 Å². The molecule has 0 unspecified atom stereocenters. The largest absolute Gasteiger partial charge is 0.451 e. The van der Waals surface area contributed by atoms with Gasteiger partial charge in [0.1, 0.15) is 5.75 Å². The topological polar surface area (TPSA) is 64.4 Å². The van der Waals surface area contributed by atoms with E-state index in [0.29, 0.717) is 5.75 Å². The highest BCUT2D eigenvalue weighted by Crippen LogP contribution is 2.29. The van der Waals surface area contributed by atoms with E-state index in [-0.39, 0.29) is 24.6 Å². The summed E-state index contributed by atoms with van der Waals surface area (Å²) in [4.78, 5) is 10.8. The highest BCUT2D eigenvalue weighted by Gasteiger charge is 2.16. The Hall–Kier alpha value is -2.47. The van der Waals surface area contributed by atoms with Gasteiger partial charge in [0, 0.05) is 24.6 Å². The Balaban J connectivity index is 2.13. The molecule has 0 saturated carbocycles. The maximum absolute atomic E-state index is 14.4. The number of rotatable bonds is 7. The number of halogens is 2. The smallest absolute Gasteiger partial charge is 0.218 e. The van der Waals surface area contributed by atoms with Gasteiger partial charge in [-0.1, -0.05) is 24.3 Å². The Kier molecular flexibility index (Phi) is 5.65. The second-order valence-corrected chi connectivity index (χ2v) is 5.22. The first-order chi connectivity index (χ1) is 11.0. The van der Waals surface area contributed by atoms with Crippen molar-refractivity contribution in [1.82, 2.24) is 5.32 Å². The Morgan fingerprint density at radius 2 is 1.91 bits per heavy atom. The van der Waals surface area contributed by atoms with E-state index in [4.69, 9.17) is 10.5 Å². The third-order valence-corrected chi connectivity index (χ3v) is 3.24. The summed E-state index contributed by atoms with van der Waals surface area (Å²) in [6, 6.07) is 10.7. The fourth-order valence-electron chi connectivity index (χ4n) is 2.07. The molecule has 0 bridgehead atoms. The van der Waals surface area contributed by atoms with Gasteiger partial charge in [0.05, 0.1) is 0 Å². The van der Waals surface area contributed by atoms with Crippen molar-refractivity contribution in [2.24, 2.45) is 5.73 Å². The fraction of sp³-hybridized carbons (Fsp3) is 0.235. The van der Waals surface area contributed by atoms with Crippen LogP contribution in [0.5, 0.6) is 11.5 Å². The minimum Gasteiger partial charge on any atom is -0.451 e. The van der Waals surface area contributed by atoms with E-state index in [1.165, 1.54) is 6.07 Å². The molecule has 0 fully saturated rings. The van der Waals surface area contributed by atoms with E-state index in [1.54, 1.807) is 37.3 Å². The molecule has 2 aromatic carbocycles. The predicted octanol–water partition coefficient (Wildman–Crippen LogP) is 3.11. The molecule has 2 rings (SSSR count). The molecular formula is C17H18F2N2O2. The molecule has 4 nitrogen and oxygen atoms in total. The predicted molar refractivity (Wildman–Crippen MR) is 83.0 cm³/mol. The van der Waals surface area contributed by atoms with Gasteiger partial charge in [0.25, 0.3) is 0 Å². The molecule has 0 aliphatic heterocycles. The fourth-order valence-corrected chi connectivity index (χ4v) is 2.07. The quantitative estimate of drug-likeness (QED) is 0.824. The lowest BCUT2D eigenvalue weighted by Gasteiger charge is -2.14. The highest BCUT2D eigenvalue weighted by molar-refractivity contribution is 5.74. The molecule has 6 heteroatoms. The molecule has 1 atom stereocenters. The summed E-state index contributed by atoms with van der Waals surface area (Å²) in [6.45, 7) is 1.89. The zero-order valence-electron chi connectivity index (χ0n) is 12.7. The Morgan fingerprint density at radius 3 is 2.57 bits per heavy atom. The van der Waals surface area contributed by atoms with Crippen molar-refractivity contribution in [2.75, 3.05) is 0 Å². The molecule has 0 aromatic heterocycles. The maximum Gasteiger partial charge on any atom is 0.218 e.